The van der Waals surface area contributed by atoms with Crippen molar-refractivity contribution in [2.24, 2.45) is 5.34 Å². The van der Waals surface area contributed by atoms with Crippen LogP contribution in [0, 0.1) is 120 Å². The van der Waals surface area contributed by atoms with Crippen LogP contribution in [0.4, 0.5) is 30.7 Å². The van der Waals surface area contributed by atoms with Gasteiger partial charge in [-0.1, -0.05) is 234 Å². The molecule has 0 aliphatic carbocycles. The number of benzene rings is 12. The van der Waals surface area contributed by atoms with Gasteiger partial charge in [-0.05, 0) is 157 Å². The van der Waals surface area contributed by atoms with Crippen molar-refractivity contribution >= 4 is 190 Å². The van der Waals surface area contributed by atoms with E-state index in [2.05, 4.69) is 37.9 Å². The second-order valence-corrected chi connectivity index (χ2v) is 31.4. The Labute approximate surface area is 812 Å². The number of aldehydes is 3. The number of nitrogens with zero attached hydrogens (tertiary/aromatic N) is 6. The van der Waals surface area contributed by atoms with E-state index in [1.165, 1.54) is 84.9 Å². The minimum atomic E-state index is -1.61. The molecule has 2 N–H and O–H groups in total. The molecule has 2 unspecified atom stereocenters. The second kappa shape index (κ2) is 62.0. The van der Waals surface area contributed by atoms with E-state index in [9.17, 15) is 64.9 Å². The Kier molecular flexibility index (Phi) is 58.5. The molecular formula is C88H56AgBr3Cl9F7MgN6O9-. The van der Waals surface area contributed by atoms with Gasteiger partial charge in [0.2, 0.25) is 0 Å². The van der Waals surface area contributed by atoms with Crippen LogP contribution < -0.4 is 17.0 Å². The normalized spacial score (nSPS) is 9.91. The second-order valence-electron chi connectivity index (χ2n) is 22.8. The predicted octanol–water partition coefficient (Wildman–Crippen LogP) is 23.1. The summed E-state index contributed by atoms with van der Waals surface area (Å²) >= 11 is 55.0. The number of ketones is 2. The molecule has 0 heterocycles. The molecular weight excluding hydrogens is 2110 g/mol. The number of carbonyl (C=O) groups excluding carboxylic acids is 5. The summed E-state index contributed by atoms with van der Waals surface area (Å²) in [5, 5.41) is 73.7. The molecule has 639 valence electrons. The van der Waals surface area contributed by atoms with Crippen molar-refractivity contribution in [3.05, 3.63) is 431 Å². The van der Waals surface area contributed by atoms with E-state index in [0.717, 1.165) is 51.8 Å². The number of hydrogen-bond acceptors (Lipinski definition) is 15. The molecule has 0 saturated carbocycles. The van der Waals surface area contributed by atoms with Crippen LogP contribution in [0.5, 0.6) is 0 Å². The Morgan fingerprint density at radius 1 is 0.452 bits per heavy atom. The van der Waals surface area contributed by atoms with Gasteiger partial charge in [0.05, 0.1) is 52.7 Å². The number of halogens is 19. The molecule has 15 nitrogen and oxygen atoms in total. The van der Waals surface area contributed by atoms with E-state index in [1.807, 2.05) is 18.2 Å². The van der Waals surface area contributed by atoms with E-state index in [0.29, 0.717) is 72.3 Å². The van der Waals surface area contributed by atoms with Gasteiger partial charge in [0, 0.05) is 71.4 Å². The summed E-state index contributed by atoms with van der Waals surface area (Å²) in [6.07, 6.45) is -0.667. The van der Waals surface area contributed by atoms with E-state index in [1.54, 1.807) is 153 Å². The van der Waals surface area contributed by atoms with Crippen LogP contribution in [-0.2, 0) is 22.4 Å². The SMILES string of the molecule is C.Cc1ccc(C#N)c(F)c1.ClC(Cl)(Cl)Cl.Clc1c[c-]ccc1.N#Cc1ccc(C(=O)c2ccccc2Cl)cc1F.N#Cc1ccc(C(Br)Br)cc1F.N#Cc1ccc(C(O)c2ccccc2Cl)cc1F.N#Cc1ccc(C=O)cc1F.O=Cc1ccc(C(=O)c2ccccc2Cl)cc1F.O=Cc1ccc(C(O)c2ccccc2Cl)cc1F.O=N[O-].[Ag].[Br-].[Mg+2]. The minimum Gasteiger partial charge on any atom is -1.00 e. The maximum atomic E-state index is 13.5. The zero-order chi connectivity index (χ0) is 89.8. The quantitative estimate of drug-likeness (QED) is 0.0168. The Hall–Kier alpha value is -9.17. The molecule has 0 saturated heterocycles. The van der Waals surface area contributed by atoms with E-state index in [4.69, 9.17) is 141 Å². The number of alkyl halides is 6. The number of carbonyl (C=O) groups is 5. The van der Waals surface area contributed by atoms with Gasteiger partial charge in [-0.25, -0.2) is 30.7 Å². The monoisotopic (exact) mass is 2160 g/mol. The van der Waals surface area contributed by atoms with Crippen LogP contribution in [0.15, 0.2) is 254 Å². The summed E-state index contributed by atoms with van der Waals surface area (Å²) in [6, 6.07) is 73.4. The van der Waals surface area contributed by atoms with Crippen LogP contribution in [0.3, 0.4) is 0 Å². The largest absolute Gasteiger partial charge is 2.00 e. The molecule has 0 aliphatic rings. The van der Waals surface area contributed by atoms with Crippen LogP contribution in [0.1, 0.15) is 147 Å². The fourth-order valence-electron chi connectivity index (χ4n) is 9.00. The standard InChI is InChI=1S/C14H9ClFNO.C14H7ClFNO.C14H10ClFO2.C14H8ClFO2.C8H4Br2FN.C8H4FNO.C8H6FN.C6H4Cl.CCl4.CH4.Ag.BrH.Mg.HNO2/c4*15-12-4-2-1-3-11(12)14(18)9-5-6-10(8-17)13(16)7-9;9-8(10)5-1-2-6(4-12)7(11)3-5;9-8-3-6(5-11)1-2-7(8)4-10;1-6-2-3-7(5-10)8(9)4-6;7-6-4-2-1-3-5-6;2-1(3,4)5;;;;;2-1-3/h1-7,14,18H;1-7H;1-8,14,18H;1-8H;1-3,8H;1-3,5H;2-4H,1H3;1-2,4-5H;;1H4;;1H;;(H,2,3)/q;;;;;;;-1;;;;;+2;/p-2. The van der Waals surface area contributed by atoms with Gasteiger partial charge in [0.25, 0.3) is 3.25 Å². The van der Waals surface area contributed by atoms with Gasteiger partial charge >= 0.3 is 23.1 Å². The van der Waals surface area contributed by atoms with Crippen molar-refractivity contribution in [3.8, 4) is 30.3 Å². The van der Waals surface area contributed by atoms with Crippen molar-refractivity contribution in [2.75, 3.05) is 0 Å². The average molecular weight is 2170 g/mol. The first-order chi connectivity index (χ1) is 57.0. The third kappa shape index (κ3) is 40.9. The maximum Gasteiger partial charge on any atom is 2.00 e. The third-order valence-electron chi connectivity index (χ3n) is 14.8. The smallest absolute Gasteiger partial charge is 1.00 e. The molecule has 0 spiro atoms. The Bertz CT molecular complexity index is 5770. The number of rotatable bonds is 12. The van der Waals surface area contributed by atoms with Crippen LogP contribution >= 0.6 is 136 Å². The molecule has 12 aromatic rings. The van der Waals surface area contributed by atoms with Crippen molar-refractivity contribution in [1.82, 2.24) is 0 Å². The molecule has 0 fully saturated rings. The predicted molar refractivity (Wildman–Crippen MR) is 469 cm³/mol. The third-order valence-corrected chi connectivity index (χ3v) is 17.4. The first-order valence-electron chi connectivity index (χ1n) is 32.9. The molecule has 0 amide bonds. The van der Waals surface area contributed by atoms with Crippen molar-refractivity contribution in [1.29, 1.82) is 26.3 Å². The van der Waals surface area contributed by atoms with Gasteiger partial charge in [-0.3, -0.25) is 24.0 Å². The summed E-state index contributed by atoms with van der Waals surface area (Å²) in [5.41, 5.74) is 4.34. The van der Waals surface area contributed by atoms with Gasteiger partial charge in [0.15, 0.2) is 24.1 Å². The van der Waals surface area contributed by atoms with Gasteiger partial charge in [-0.2, -0.15) is 68.2 Å². The Morgan fingerprint density at radius 3 is 1.09 bits per heavy atom. The molecule has 0 bridgehead atoms. The Morgan fingerprint density at radius 2 is 0.766 bits per heavy atom. The number of nitriles is 5. The summed E-state index contributed by atoms with van der Waals surface area (Å²) in [4.78, 5) is 63.3. The van der Waals surface area contributed by atoms with Crippen LogP contribution in [0.2, 0.25) is 25.1 Å². The van der Waals surface area contributed by atoms with Crippen molar-refractivity contribution in [3.63, 3.8) is 0 Å². The summed E-state index contributed by atoms with van der Waals surface area (Å²) < 4.78 is 90.3. The van der Waals surface area contributed by atoms with E-state index >= 15 is 0 Å². The van der Waals surface area contributed by atoms with Crippen LogP contribution in [0.25, 0.3) is 0 Å². The molecule has 0 aliphatic heterocycles. The topological polar surface area (TPSA) is 297 Å². The van der Waals surface area contributed by atoms with E-state index in [-0.39, 0.29) is 141 Å². The first kappa shape index (κ1) is 117. The fraction of sp³-hybridized carbons (Fsp3) is 0.0682. The zero-order valence-corrected chi connectivity index (χ0v) is 76.7. The minimum absolute atomic E-state index is 0. The fourth-order valence-corrected chi connectivity index (χ4v) is 10.6. The molecule has 36 heteroatoms. The summed E-state index contributed by atoms with van der Waals surface area (Å²) in [5.74, 6) is -5.08. The molecule has 12 aromatic carbocycles. The maximum absolute atomic E-state index is 13.5. The summed E-state index contributed by atoms with van der Waals surface area (Å²) in [6.45, 7) is 1.78. The summed E-state index contributed by atoms with van der Waals surface area (Å²) in [7, 11) is 0. The van der Waals surface area contributed by atoms with Crippen molar-refractivity contribution in [2.45, 2.75) is 33.5 Å². The van der Waals surface area contributed by atoms with E-state index < -0.39 is 56.2 Å². The average Bonchev–Trinajstić information content (AvgIpc) is 0.838. The molecule has 12 rings (SSSR count). The molecule has 124 heavy (non-hydrogen) atoms. The number of aliphatic hydroxyl groups excluding tert-OH is 2. The number of hydrogen-bond donors (Lipinski definition) is 2. The van der Waals surface area contributed by atoms with Crippen LogP contribution in [-0.4, -0.2) is 66.9 Å². The number of aryl methyl sites for hydroxylation is 1. The van der Waals surface area contributed by atoms with Gasteiger partial charge < -0.3 is 37.3 Å². The molecule has 1 radical (unpaired) electrons. The van der Waals surface area contributed by atoms with Gasteiger partial charge in [-0.15, -0.1) is 5.34 Å². The zero-order valence-electron chi connectivity index (χ0n) is 62.3. The van der Waals surface area contributed by atoms with Crippen molar-refractivity contribution < 1.29 is 104 Å². The molecule has 2 atom stereocenters. The molecule has 0 aromatic heterocycles. The first-order valence-corrected chi connectivity index (χ1v) is 38.2. The Balaban J connectivity index is 0. The number of aliphatic hydroxyl groups is 2. The van der Waals surface area contributed by atoms with Gasteiger partial charge in [0.1, 0.15) is 89.6 Å².